The molecule has 0 aliphatic carbocycles. The number of nitrogens with zero attached hydrogens (tertiary/aromatic N) is 6. The molecule has 11 heteroatoms. The molecule has 0 amide bonds. The summed E-state index contributed by atoms with van der Waals surface area (Å²) in [6.45, 7) is 9.84. The molecule has 0 saturated carbocycles. The third-order valence-electron chi connectivity index (χ3n) is 8.71. The molecular weight excluding hydrogens is 587 g/mol. The second-order valence-electron chi connectivity index (χ2n) is 13.2. The van der Waals surface area contributed by atoms with E-state index in [2.05, 4.69) is 20.6 Å². The van der Waals surface area contributed by atoms with E-state index in [9.17, 15) is 9.18 Å². The normalized spacial score (nSPS) is 17.8. The van der Waals surface area contributed by atoms with Crippen LogP contribution in [0.4, 0.5) is 4.39 Å². The van der Waals surface area contributed by atoms with Gasteiger partial charge in [-0.15, -0.1) is 0 Å². The molecule has 0 bridgehead atoms. The van der Waals surface area contributed by atoms with Crippen LogP contribution >= 0.6 is 0 Å². The van der Waals surface area contributed by atoms with E-state index in [0.29, 0.717) is 41.5 Å². The van der Waals surface area contributed by atoms with Gasteiger partial charge < -0.3 is 18.8 Å². The van der Waals surface area contributed by atoms with Crippen molar-refractivity contribution in [2.75, 3.05) is 19.7 Å². The van der Waals surface area contributed by atoms with Gasteiger partial charge in [-0.3, -0.25) is 4.90 Å². The Balaban J connectivity index is 1.02. The number of piperidine rings is 1. The second-order valence-corrected chi connectivity index (χ2v) is 13.2. The zero-order valence-corrected chi connectivity index (χ0v) is 26.5. The summed E-state index contributed by atoms with van der Waals surface area (Å²) in [6, 6.07) is 15.2. The van der Waals surface area contributed by atoms with Gasteiger partial charge in [-0.25, -0.2) is 23.7 Å². The van der Waals surface area contributed by atoms with Crippen LogP contribution in [0.3, 0.4) is 0 Å². The molecule has 2 aliphatic rings. The summed E-state index contributed by atoms with van der Waals surface area (Å²) in [5.74, 6) is 1.11. The number of carbonyl (C=O) groups is 1. The maximum Gasteiger partial charge on any atom is 0.338 e. The molecule has 0 radical (unpaired) electrons. The van der Waals surface area contributed by atoms with Crippen molar-refractivity contribution in [3.05, 3.63) is 89.4 Å². The van der Waals surface area contributed by atoms with Crippen LogP contribution in [0, 0.1) is 5.82 Å². The van der Waals surface area contributed by atoms with Crippen molar-refractivity contribution in [1.82, 2.24) is 29.0 Å². The van der Waals surface area contributed by atoms with E-state index >= 15 is 0 Å². The van der Waals surface area contributed by atoms with Gasteiger partial charge in [-0.05, 0) is 83.5 Å². The summed E-state index contributed by atoms with van der Waals surface area (Å²) < 4.78 is 35.4. The van der Waals surface area contributed by atoms with Gasteiger partial charge in [0, 0.05) is 36.0 Å². The van der Waals surface area contributed by atoms with E-state index in [1.54, 1.807) is 12.3 Å². The Morgan fingerprint density at radius 3 is 2.65 bits per heavy atom. The first kappa shape index (κ1) is 30.3. The van der Waals surface area contributed by atoms with E-state index in [1.807, 2.05) is 57.2 Å². The number of hydrogen-bond donors (Lipinski definition) is 0. The molecule has 0 spiro atoms. The van der Waals surface area contributed by atoms with Crippen LogP contribution in [0.15, 0.2) is 60.9 Å². The highest BCUT2D eigenvalue weighted by Gasteiger charge is 2.27. The lowest BCUT2D eigenvalue weighted by molar-refractivity contribution is -0.0592. The number of fused-ring (bicyclic) bond motifs is 2. The average Bonchev–Trinajstić information content (AvgIpc) is 3.57. The molecule has 46 heavy (non-hydrogen) atoms. The molecule has 2 aliphatic heterocycles. The molecule has 240 valence electrons. The minimum atomic E-state index is -0.565. The van der Waals surface area contributed by atoms with Gasteiger partial charge in [0.25, 0.3) is 0 Å². The lowest BCUT2D eigenvalue weighted by atomic mass is 9.93. The monoisotopic (exact) mass is 626 g/mol. The molecule has 10 nitrogen and oxygen atoms in total. The summed E-state index contributed by atoms with van der Waals surface area (Å²) in [5, 5.41) is 4.04. The third kappa shape index (κ3) is 6.47. The minimum absolute atomic E-state index is 0.152. The number of carbonyl (C=O) groups excluding carboxylic acids is 1. The van der Waals surface area contributed by atoms with Crippen LogP contribution in [0.2, 0.25) is 0 Å². The number of imidazole rings is 1. The summed E-state index contributed by atoms with van der Waals surface area (Å²) in [4.78, 5) is 25.1. The van der Waals surface area contributed by atoms with Crippen LogP contribution in [0.25, 0.3) is 16.6 Å². The Labute approximate surface area is 267 Å². The van der Waals surface area contributed by atoms with Crippen molar-refractivity contribution in [1.29, 1.82) is 0 Å². The Morgan fingerprint density at radius 2 is 1.89 bits per heavy atom. The fraction of sp³-hybridized carbons (Fsp3) is 0.429. The van der Waals surface area contributed by atoms with E-state index in [1.165, 1.54) is 10.7 Å². The molecular formula is C35H39FN6O4. The van der Waals surface area contributed by atoms with Gasteiger partial charge in [0.05, 0.1) is 42.0 Å². The molecule has 5 aromatic rings. The Morgan fingerprint density at radius 1 is 1.07 bits per heavy atom. The van der Waals surface area contributed by atoms with Crippen molar-refractivity contribution >= 4 is 22.5 Å². The number of rotatable bonds is 9. The molecule has 1 aromatic carbocycles. The molecule has 7 rings (SSSR count). The van der Waals surface area contributed by atoms with Crippen molar-refractivity contribution in [3.8, 4) is 5.88 Å². The van der Waals surface area contributed by atoms with E-state index in [4.69, 9.17) is 24.2 Å². The average molecular weight is 627 g/mol. The van der Waals surface area contributed by atoms with Gasteiger partial charge in [0.2, 0.25) is 5.88 Å². The molecule has 2 saturated heterocycles. The smallest absolute Gasteiger partial charge is 0.338 e. The van der Waals surface area contributed by atoms with Crippen LogP contribution < -0.4 is 4.74 Å². The first-order valence-corrected chi connectivity index (χ1v) is 16.0. The largest absolute Gasteiger partial charge is 0.473 e. The predicted octanol–water partition coefficient (Wildman–Crippen LogP) is 5.92. The zero-order chi connectivity index (χ0) is 31.8. The summed E-state index contributed by atoms with van der Waals surface area (Å²) in [6.07, 6.45) is 6.03. The quantitative estimate of drug-likeness (QED) is 0.186. The van der Waals surface area contributed by atoms with Gasteiger partial charge in [0.15, 0.2) is 5.82 Å². The Bertz CT molecular complexity index is 1870. The number of halogens is 1. The van der Waals surface area contributed by atoms with Gasteiger partial charge >= 0.3 is 5.97 Å². The van der Waals surface area contributed by atoms with E-state index in [-0.39, 0.29) is 24.5 Å². The van der Waals surface area contributed by atoms with Crippen molar-refractivity contribution in [2.45, 2.75) is 77.4 Å². The first-order valence-electron chi connectivity index (χ1n) is 16.0. The maximum absolute atomic E-state index is 14.3. The van der Waals surface area contributed by atoms with Crippen LogP contribution in [-0.2, 0) is 29.2 Å². The number of ether oxygens (including phenoxy) is 3. The standard InChI is InChI=1S/C35H39FN6O4/c1-35(2,3)46-34(43)24-9-10-29-30(18-24)41(20-26-13-17-44-26)31(38-29)21-40-15-11-23(12-16-40)28-7-4-8-32(39-28)45-22-25-6-5-14-42-33(25)27(36)19-37-42/h4-10,14,18-19,23,26H,11-13,15-17,20-22H2,1-3H3. The Hall–Kier alpha value is -4.35. The maximum atomic E-state index is 14.3. The molecule has 1 atom stereocenters. The highest BCUT2D eigenvalue weighted by atomic mass is 19.1. The summed E-state index contributed by atoms with van der Waals surface area (Å²) in [5.41, 5.74) is 3.90. The zero-order valence-electron chi connectivity index (χ0n) is 26.5. The third-order valence-corrected chi connectivity index (χ3v) is 8.71. The molecule has 2 fully saturated rings. The molecule has 4 aromatic heterocycles. The fourth-order valence-electron chi connectivity index (χ4n) is 6.26. The number of pyridine rings is 2. The number of likely N-dealkylation sites (tertiary alicyclic amines) is 1. The topological polar surface area (TPSA) is 96.0 Å². The van der Waals surface area contributed by atoms with Crippen LogP contribution in [0.1, 0.15) is 73.4 Å². The second kappa shape index (κ2) is 12.4. The van der Waals surface area contributed by atoms with Crippen molar-refractivity contribution < 1.29 is 23.4 Å². The van der Waals surface area contributed by atoms with E-state index < -0.39 is 5.60 Å². The predicted molar refractivity (Wildman–Crippen MR) is 170 cm³/mol. The highest BCUT2D eigenvalue weighted by Crippen LogP contribution is 2.30. The fourth-order valence-corrected chi connectivity index (χ4v) is 6.26. The minimum Gasteiger partial charge on any atom is -0.473 e. The molecule has 1 unspecified atom stereocenters. The van der Waals surface area contributed by atoms with Gasteiger partial charge in [0.1, 0.15) is 23.5 Å². The highest BCUT2D eigenvalue weighted by molar-refractivity contribution is 5.94. The SMILES string of the molecule is CC(C)(C)OC(=O)c1ccc2nc(CN3CCC(c4cccc(OCc5cccn6ncc(F)c56)n4)CC3)n(CC3CCO3)c2c1. The van der Waals surface area contributed by atoms with E-state index in [0.717, 1.165) is 61.5 Å². The van der Waals surface area contributed by atoms with Crippen LogP contribution in [-0.4, -0.2) is 66.4 Å². The number of aromatic nitrogens is 5. The molecule has 6 heterocycles. The lowest BCUT2D eigenvalue weighted by Gasteiger charge is -2.32. The Kier molecular flexibility index (Phi) is 8.20. The summed E-state index contributed by atoms with van der Waals surface area (Å²) >= 11 is 0. The molecule has 0 N–H and O–H groups in total. The van der Waals surface area contributed by atoms with Crippen LogP contribution in [0.5, 0.6) is 5.88 Å². The number of hydrogen-bond acceptors (Lipinski definition) is 8. The van der Waals surface area contributed by atoms with Gasteiger partial charge in [-0.1, -0.05) is 12.1 Å². The van der Waals surface area contributed by atoms with Crippen molar-refractivity contribution in [3.63, 3.8) is 0 Å². The number of benzene rings is 1. The van der Waals surface area contributed by atoms with Gasteiger partial charge in [-0.2, -0.15) is 5.10 Å². The number of esters is 1. The first-order chi connectivity index (χ1) is 22.2. The van der Waals surface area contributed by atoms with Crippen molar-refractivity contribution in [2.24, 2.45) is 0 Å². The summed E-state index contributed by atoms with van der Waals surface area (Å²) in [7, 11) is 0. The lowest BCUT2D eigenvalue weighted by Crippen LogP contribution is -2.35.